The molecule has 1 amide bonds. The number of rotatable bonds is 4. The van der Waals surface area contributed by atoms with Crippen molar-refractivity contribution < 1.29 is 18.0 Å². The minimum Gasteiger partial charge on any atom is -0.383 e. The van der Waals surface area contributed by atoms with E-state index in [9.17, 15) is 13.2 Å². The molecule has 1 aliphatic rings. The summed E-state index contributed by atoms with van der Waals surface area (Å²) in [5.41, 5.74) is 11.4. The molecule has 0 unspecified atom stereocenters. The van der Waals surface area contributed by atoms with Crippen LogP contribution in [0, 0.1) is 17.3 Å². The van der Waals surface area contributed by atoms with Crippen molar-refractivity contribution in [2.24, 2.45) is 5.73 Å². The number of aromatic nitrogens is 2. The molecule has 38 heavy (non-hydrogen) atoms. The molecule has 4 rings (SSSR count). The van der Waals surface area contributed by atoms with Gasteiger partial charge in [0, 0.05) is 11.6 Å². The van der Waals surface area contributed by atoms with Gasteiger partial charge in [-0.15, -0.1) is 0 Å². The number of benzene rings is 2. The molecule has 2 aromatic carbocycles. The topological polar surface area (TPSA) is 134 Å². The fourth-order valence-electron chi connectivity index (χ4n) is 3.95. The van der Waals surface area contributed by atoms with Gasteiger partial charge in [0.2, 0.25) is 6.41 Å². The Morgan fingerprint density at radius 1 is 1.13 bits per heavy atom. The van der Waals surface area contributed by atoms with Crippen LogP contribution in [0.15, 0.2) is 54.9 Å². The number of primary amides is 1. The molecule has 2 heterocycles. The van der Waals surface area contributed by atoms with E-state index in [-0.39, 0.29) is 24.0 Å². The van der Waals surface area contributed by atoms with Gasteiger partial charge in [-0.3, -0.25) is 10.2 Å². The number of nitrogens with one attached hydrogen (secondary N) is 2. The number of carbonyl (C=O) groups excluding carboxylic acids is 1. The molecular weight excluding hydrogens is 495 g/mol. The summed E-state index contributed by atoms with van der Waals surface area (Å²) in [6.07, 6.45) is -0.919. The zero-order valence-corrected chi connectivity index (χ0v) is 20.7. The van der Waals surface area contributed by atoms with E-state index >= 15 is 0 Å². The lowest BCUT2D eigenvalue weighted by Gasteiger charge is -2.30. The van der Waals surface area contributed by atoms with E-state index in [2.05, 4.69) is 44.8 Å². The number of amides is 1. The molecule has 0 saturated carbocycles. The van der Waals surface area contributed by atoms with E-state index in [4.69, 9.17) is 15.9 Å². The number of alkyl halides is 3. The Hall–Kier alpha value is -4.43. The molecule has 0 radical (unpaired) electrons. The summed E-state index contributed by atoms with van der Waals surface area (Å²) in [5, 5.41) is 11.9. The summed E-state index contributed by atoms with van der Waals surface area (Å²) in [5.74, 6) is 6.36. The van der Waals surface area contributed by atoms with Crippen LogP contribution in [0.2, 0.25) is 0 Å². The number of likely N-dealkylation sites (tertiary alicyclic amines) is 1. The van der Waals surface area contributed by atoms with Crippen LogP contribution >= 0.6 is 0 Å². The van der Waals surface area contributed by atoms with Crippen molar-refractivity contribution in [1.29, 1.82) is 5.41 Å². The number of anilines is 2. The lowest BCUT2D eigenvalue weighted by atomic mass is 10.0. The molecule has 198 valence electrons. The van der Waals surface area contributed by atoms with E-state index in [1.807, 2.05) is 0 Å². The number of halogens is 3. The molecule has 6 N–H and O–H groups in total. The molecule has 1 aliphatic heterocycles. The van der Waals surface area contributed by atoms with E-state index in [1.54, 1.807) is 30.3 Å². The third kappa shape index (κ3) is 7.54. The van der Waals surface area contributed by atoms with Crippen LogP contribution in [-0.2, 0) is 11.0 Å². The molecule has 1 fully saturated rings. The van der Waals surface area contributed by atoms with Gasteiger partial charge in [-0.1, -0.05) is 30.2 Å². The van der Waals surface area contributed by atoms with Crippen molar-refractivity contribution in [2.75, 3.05) is 31.2 Å². The maximum absolute atomic E-state index is 13.1. The van der Waals surface area contributed by atoms with Gasteiger partial charge in [-0.25, -0.2) is 9.97 Å². The molecule has 0 atom stereocenters. The van der Waals surface area contributed by atoms with Crippen molar-refractivity contribution in [3.63, 3.8) is 0 Å². The first-order valence-corrected chi connectivity index (χ1v) is 11.7. The number of piperidine rings is 1. The lowest BCUT2D eigenvalue weighted by molar-refractivity contribution is -0.137. The average molecular weight is 524 g/mol. The Bertz CT molecular complexity index is 1340. The highest BCUT2D eigenvalue weighted by molar-refractivity contribution is 6.16. The first-order chi connectivity index (χ1) is 18.1. The number of nitrogens with zero attached hydrogens (tertiary/aromatic N) is 3. The largest absolute Gasteiger partial charge is 0.416 e. The number of nitrogens with two attached hydrogens (primary N) is 2. The quantitative estimate of drug-likeness (QED) is 0.234. The summed E-state index contributed by atoms with van der Waals surface area (Å²) >= 11 is 0. The Labute approximate surface area is 218 Å². The van der Waals surface area contributed by atoms with Crippen LogP contribution in [0.1, 0.15) is 29.5 Å². The molecule has 0 bridgehead atoms. The second-order valence-electron chi connectivity index (χ2n) is 8.62. The zero-order valence-electron chi connectivity index (χ0n) is 20.7. The normalized spacial score (nSPS) is 13.9. The number of hydrogen-bond donors (Lipinski definition) is 4. The van der Waals surface area contributed by atoms with Gasteiger partial charge in [0.05, 0.1) is 11.1 Å². The molecule has 3 aromatic rings. The van der Waals surface area contributed by atoms with Gasteiger partial charge in [-0.2, -0.15) is 13.2 Å². The molecule has 11 heteroatoms. The molecule has 8 nitrogen and oxygen atoms in total. The second-order valence-corrected chi connectivity index (χ2v) is 8.62. The van der Waals surface area contributed by atoms with Crippen molar-refractivity contribution in [2.45, 2.75) is 25.1 Å². The maximum atomic E-state index is 13.1. The Morgan fingerprint density at radius 2 is 1.76 bits per heavy atom. The fourth-order valence-corrected chi connectivity index (χ4v) is 3.95. The first-order valence-electron chi connectivity index (χ1n) is 11.7. The Morgan fingerprint density at radius 3 is 2.42 bits per heavy atom. The predicted molar refractivity (Wildman–Crippen MR) is 141 cm³/mol. The highest BCUT2D eigenvalue weighted by Gasteiger charge is 2.30. The van der Waals surface area contributed by atoms with Crippen LogP contribution in [0.4, 0.5) is 24.8 Å². The van der Waals surface area contributed by atoms with Crippen LogP contribution in [-0.4, -0.2) is 53.2 Å². The first kappa shape index (κ1) is 28.1. The molecule has 1 saturated heterocycles. The predicted octanol–water partition coefficient (Wildman–Crippen LogP) is 3.77. The second kappa shape index (κ2) is 12.7. The molecule has 0 spiro atoms. The van der Waals surface area contributed by atoms with Gasteiger partial charge in [0.25, 0.3) is 0 Å². The van der Waals surface area contributed by atoms with Crippen molar-refractivity contribution >= 4 is 23.8 Å². The summed E-state index contributed by atoms with van der Waals surface area (Å²) in [4.78, 5) is 19.2. The lowest BCUT2D eigenvalue weighted by Crippen LogP contribution is -2.37. The van der Waals surface area contributed by atoms with Crippen LogP contribution < -0.4 is 16.8 Å². The monoisotopic (exact) mass is 523 g/mol. The minimum atomic E-state index is -4.42. The van der Waals surface area contributed by atoms with Gasteiger partial charge in [0.15, 0.2) is 0 Å². The van der Waals surface area contributed by atoms with Crippen molar-refractivity contribution in [3.05, 3.63) is 71.5 Å². The van der Waals surface area contributed by atoms with E-state index in [0.29, 0.717) is 28.1 Å². The average Bonchev–Trinajstić information content (AvgIpc) is 2.89. The maximum Gasteiger partial charge on any atom is 0.416 e. The minimum absolute atomic E-state index is 0.0389. The highest BCUT2D eigenvalue weighted by atomic mass is 19.4. The van der Waals surface area contributed by atoms with Crippen LogP contribution in [0.25, 0.3) is 11.1 Å². The van der Waals surface area contributed by atoms with E-state index < -0.39 is 11.7 Å². The zero-order chi connectivity index (χ0) is 27.7. The molecule has 1 aromatic heterocycles. The smallest absolute Gasteiger partial charge is 0.383 e. The highest BCUT2D eigenvalue weighted by Crippen LogP contribution is 2.32. The third-order valence-corrected chi connectivity index (χ3v) is 5.90. The number of hydrogen-bond acceptors (Lipinski definition) is 7. The van der Waals surface area contributed by atoms with Gasteiger partial charge in [-0.05, 0) is 74.3 Å². The number of carbonyl (C=O) groups is 1. The van der Waals surface area contributed by atoms with Crippen molar-refractivity contribution in [3.8, 4) is 23.0 Å². The van der Waals surface area contributed by atoms with Crippen LogP contribution in [0.5, 0.6) is 0 Å². The summed E-state index contributed by atoms with van der Waals surface area (Å²) in [6, 6.07) is 12.2. The Kier molecular flexibility index (Phi) is 9.40. The van der Waals surface area contributed by atoms with Crippen LogP contribution in [0.3, 0.4) is 0 Å². The van der Waals surface area contributed by atoms with Gasteiger partial charge >= 0.3 is 6.18 Å². The molecular formula is C27H28F3N7O. The summed E-state index contributed by atoms with van der Waals surface area (Å²) in [6.45, 7) is 1.93. The van der Waals surface area contributed by atoms with E-state index in [1.165, 1.54) is 12.4 Å². The third-order valence-electron chi connectivity index (χ3n) is 5.90. The molecule has 0 aliphatic carbocycles. The summed E-state index contributed by atoms with van der Waals surface area (Å²) < 4.78 is 39.3. The van der Waals surface area contributed by atoms with Gasteiger partial charge < -0.3 is 21.7 Å². The fraction of sp³-hybridized carbons (Fsp3) is 0.259. The van der Waals surface area contributed by atoms with Crippen molar-refractivity contribution in [1.82, 2.24) is 14.9 Å². The van der Waals surface area contributed by atoms with Gasteiger partial charge in [0.1, 0.15) is 23.7 Å². The Balaban J connectivity index is 0.00000127. The van der Waals surface area contributed by atoms with E-state index in [0.717, 1.165) is 38.1 Å². The summed E-state index contributed by atoms with van der Waals surface area (Å²) in [7, 11) is 2.08. The number of nitrogen functional groups attached to an aromatic ring is 1. The standard InChI is InChI=1S/C26H25F3N6.CH3NO/c1-35-12-10-21(11-13-35)34-25-23(24(31)32-16-33-25)22(30)9-8-17-4-2-5-18(14-17)19-6-3-7-20(15-19)26(27,28)29;2-1-3/h2-7,14-16,21,30H,10-13H2,1H3,(H3,31,32,33,34);1H,(H2,2,3). The SMILES string of the molecule is CN1CCC(Nc2ncnc(N)c2C(=N)C#Cc2cccc(-c3cccc(C(F)(F)F)c3)c2)CC1.NC=O.